The normalized spacial score (nSPS) is 21.4. The highest BCUT2D eigenvalue weighted by molar-refractivity contribution is 5.90. The molecule has 3 nitrogen and oxygen atoms in total. The lowest BCUT2D eigenvalue weighted by Crippen LogP contribution is -2.50. The van der Waals surface area contributed by atoms with Gasteiger partial charge in [0.25, 0.3) is 0 Å². The Morgan fingerprint density at radius 2 is 1.68 bits per heavy atom. The number of hydrogen-bond acceptors (Lipinski definition) is 3. The summed E-state index contributed by atoms with van der Waals surface area (Å²) in [5.74, 6) is 0.898. The van der Waals surface area contributed by atoms with Crippen molar-refractivity contribution < 1.29 is 9.84 Å². The van der Waals surface area contributed by atoms with E-state index in [1.165, 1.54) is 10.9 Å². The molecule has 3 aromatic rings. The average molecular weight is 373 g/mol. The molecule has 3 heteroatoms. The second kappa shape index (κ2) is 7.23. The lowest BCUT2D eigenvalue weighted by Gasteiger charge is -2.46. The molecule has 1 fully saturated rings. The van der Waals surface area contributed by atoms with Crippen LogP contribution in [0.25, 0.3) is 10.8 Å². The van der Waals surface area contributed by atoms with Gasteiger partial charge in [0.15, 0.2) is 0 Å². The Labute approximate surface area is 166 Å². The van der Waals surface area contributed by atoms with Gasteiger partial charge < -0.3 is 14.7 Å². The number of piperidine rings is 1. The molecule has 1 saturated heterocycles. The molecular weight excluding hydrogens is 346 g/mol. The predicted molar refractivity (Wildman–Crippen MR) is 113 cm³/mol. The largest absolute Gasteiger partial charge is 0.486 e. The molecule has 0 bridgehead atoms. The molecule has 144 valence electrons. The summed E-state index contributed by atoms with van der Waals surface area (Å²) >= 11 is 0. The maximum atomic E-state index is 10.9. The van der Waals surface area contributed by atoms with Gasteiger partial charge in [0.1, 0.15) is 11.4 Å². The van der Waals surface area contributed by atoms with Gasteiger partial charge in [0, 0.05) is 37.0 Å². The topological polar surface area (TPSA) is 32.7 Å². The number of fused-ring (bicyclic) bond motifs is 3. The van der Waals surface area contributed by atoms with Crippen molar-refractivity contribution in [2.24, 2.45) is 0 Å². The number of aliphatic hydroxyl groups is 1. The van der Waals surface area contributed by atoms with Gasteiger partial charge in [-0.15, -0.1) is 0 Å². The summed E-state index contributed by atoms with van der Waals surface area (Å²) < 4.78 is 6.67. The van der Waals surface area contributed by atoms with Crippen LogP contribution in [0.4, 0.5) is 0 Å². The molecule has 1 unspecified atom stereocenters. The van der Waals surface area contributed by atoms with Crippen LogP contribution in [0.5, 0.6) is 5.75 Å². The molecular formula is C25H27NO2. The molecule has 0 amide bonds. The monoisotopic (exact) mass is 373 g/mol. The maximum absolute atomic E-state index is 10.9. The Hall–Kier alpha value is -2.36. The minimum Gasteiger partial charge on any atom is -0.486 e. The number of aliphatic hydroxyl groups excluding tert-OH is 1. The van der Waals surface area contributed by atoms with Crippen LogP contribution in [0.3, 0.4) is 0 Å². The van der Waals surface area contributed by atoms with Crippen molar-refractivity contribution in [1.29, 1.82) is 0 Å². The highest BCUT2D eigenvalue weighted by atomic mass is 16.5. The molecule has 2 aliphatic heterocycles. The first-order valence-electron chi connectivity index (χ1n) is 10.4. The standard InChI is InChI=1S/C25H27NO2/c27-23-18-25(28-24-21-9-5-4-8-20(21)10-11-22(23)24)13-16-26(17-14-25)15-12-19-6-2-1-3-7-19/h1-11,23,27H,12-18H2. The van der Waals surface area contributed by atoms with Gasteiger partial charge in [-0.25, -0.2) is 0 Å². The molecule has 2 aliphatic rings. The molecule has 3 aromatic carbocycles. The van der Waals surface area contributed by atoms with E-state index in [9.17, 15) is 5.11 Å². The van der Waals surface area contributed by atoms with Gasteiger partial charge in [0.05, 0.1) is 6.10 Å². The predicted octanol–water partition coefficient (Wildman–Crippen LogP) is 4.73. The van der Waals surface area contributed by atoms with Gasteiger partial charge in [-0.3, -0.25) is 0 Å². The summed E-state index contributed by atoms with van der Waals surface area (Å²) in [6.45, 7) is 3.14. The number of benzene rings is 3. The van der Waals surface area contributed by atoms with E-state index < -0.39 is 6.10 Å². The summed E-state index contributed by atoms with van der Waals surface area (Å²) in [4.78, 5) is 2.53. The summed E-state index contributed by atoms with van der Waals surface area (Å²) in [7, 11) is 0. The molecule has 0 aromatic heterocycles. The van der Waals surface area contributed by atoms with Crippen molar-refractivity contribution in [3.63, 3.8) is 0 Å². The van der Waals surface area contributed by atoms with Gasteiger partial charge in [-0.05, 0) is 30.2 Å². The van der Waals surface area contributed by atoms with E-state index in [0.29, 0.717) is 6.42 Å². The van der Waals surface area contributed by atoms with E-state index in [0.717, 1.165) is 55.6 Å². The first kappa shape index (κ1) is 17.7. The van der Waals surface area contributed by atoms with Crippen LogP contribution >= 0.6 is 0 Å². The van der Waals surface area contributed by atoms with Crippen molar-refractivity contribution in [2.45, 2.75) is 37.4 Å². The average Bonchev–Trinajstić information content (AvgIpc) is 2.74. The van der Waals surface area contributed by atoms with Crippen molar-refractivity contribution >= 4 is 10.8 Å². The smallest absolute Gasteiger partial charge is 0.133 e. The highest BCUT2D eigenvalue weighted by Crippen LogP contribution is 2.47. The van der Waals surface area contributed by atoms with Crippen LogP contribution in [-0.4, -0.2) is 35.2 Å². The first-order valence-corrected chi connectivity index (χ1v) is 10.4. The Morgan fingerprint density at radius 3 is 2.50 bits per heavy atom. The summed E-state index contributed by atoms with van der Waals surface area (Å²) in [6.07, 6.45) is 3.29. The van der Waals surface area contributed by atoms with Crippen LogP contribution in [0.2, 0.25) is 0 Å². The van der Waals surface area contributed by atoms with Crippen LogP contribution < -0.4 is 4.74 Å². The van der Waals surface area contributed by atoms with Gasteiger partial charge in [-0.1, -0.05) is 66.7 Å². The summed E-state index contributed by atoms with van der Waals surface area (Å²) in [5, 5.41) is 13.2. The van der Waals surface area contributed by atoms with Gasteiger partial charge >= 0.3 is 0 Å². The number of likely N-dealkylation sites (tertiary alicyclic amines) is 1. The van der Waals surface area contributed by atoms with Gasteiger partial charge in [-0.2, -0.15) is 0 Å². The number of hydrogen-bond donors (Lipinski definition) is 1. The molecule has 1 spiro atoms. The molecule has 2 heterocycles. The van der Waals surface area contributed by atoms with Crippen LogP contribution in [0, 0.1) is 0 Å². The van der Waals surface area contributed by atoms with Crippen LogP contribution in [0.1, 0.15) is 36.5 Å². The second-order valence-corrected chi connectivity index (χ2v) is 8.29. The summed E-state index contributed by atoms with van der Waals surface area (Å²) in [6, 6.07) is 23.1. The second-order valence-electron chi connectivity index (χ2n) is 8.29. The van der Waals surface area contributed by atoms with E-state index in [1.54, 1.807) is 0 Å². The Balaban J connectivity index is 1.31. The highest BCUT2D eigenvalue weighted by Gasteiger charge is 2.43. The third-order valence-corrected chi connectivity index (χ3v) is 6.48. The zero-order chi connectivity index (χ0) is 19.0. The fourth-order valence-electron chi connectivity index (χ4n) is 4.78. The van der Waals surface area contributed by atoms with Crippen molar-refractivity contribution in [3.8, 4) is 5.75 Å². The minimum atomic E-state index is -0.441. The van der Waals surface area contributed by atoms with Gasteiger partial charge in [0.2, 0.25) is 0 Å². The van der Waals surface area contributed by atoms with E-state index in [-0.39, 0.29) is 5.60 Å². The zero-order valence-corrected chi connectivity index (χ0v) is 16.2. The molecule has 28 heavy (non-hydrogen) atoms. The maximum Gasteiger partial charge on any atom is 0.133 e. The summed E-state index contributed by atoms with van der Waals surface area (Å²) in [5.41, 5.74) is 2.10. The number of rotatable bonds is 3. The Morgan fingerprint density at radius 1 is 0.929 bits per heavy atom. The SMILES string of the molecule is OC1CC2(CCN(CCc3ccccc3)CC2)Oc2c1ccc1ccccc21. The molecule has 5 rings (SSSR count). The fourth-order valence-corrected chi connectivity index (χ4v) is 4.78. The molecule has 1 N–H and O–H groups in total. The molecule has 0 radical (unpaired) electrons. The lowest BCUT2D eigenvalue weighted by molar-refractivity contribution is -0.0525. The lowest BCUT2D eigenvalue weighted by atomic mass is 9.81. The third kappa shape index (κ3) is 3.30. The Kier molecular flexibility index (Phi) is 4.58. The quantitative estimate of drug-likeness (QED) is 0.720. The molecule has 0 saturated carbocycles. The van der Waals surface area contributed by atoms with E-state index in [2.05, 4.69) is 59.5 Å². The Bertz CT molecular complexity index is 961. The molecule has 1 atom stereocenters. The number of nitrogens with zero attached hydrogens (tertiary/aromatic N) is 1. The van der Waals surface area contributed by atoms with E-state index in [1.807, 2.05) is 12.1 Å². The van der Waals surface area contributed by atoms with E-state index >= 15 is 0 Å². The fraction of sp³-hybridized carbons (Fsp3) is 0.360. The zero-order valence-electron chi connectivity index (χ0n) is 16.2. The third-order valence-electron chi connectivity index (χ3n) is 6.48. The van der Waals surface area contributed by atoms with Crippen molar-refractivity contribution in [1.82, 2.24) is 4.90 Å². The minimum absolute atomic E-state index is 0.236. The molecule has 0 aliphatic carbocycles. The first-order chi connectivity index (χ1) is 13.7. The number of ether oxygens (including phenoxy) is 1. The van der Waals surface area contributed by atoms with Crippen molar-refractivity contribution in [2.75, 3.05) is 19.6 Å². The van der Waals surface area contributed by atoms with Crippen LogP contribution in [-0.2, 0) is 6.42 Å². The van der Waals surface area contributed by atoms with Crippen LogP contribution in [0.15, 0.2) is 66.7 Å². The van der Waals surface area contributed by atoms with E-state index in [4.69, 9.17) is 4.74 Å². The van der Waals surface area contributed by atoms with Crippen molar-refractivity contribution in [3.05, 3.63) is 77.9 Å².